The fourth-order valence-corrected chi connectivity index (χ4v) is 3.25. The van der Waals surface area contributed by atoms with Crippen LogP contribution in [0.3, 0.4) is 0 Å². The van der Waals surface area contributed by atoms with Crippen LogP contribution in [0.4, 0.5) is 0 Å². The number of hydrogen-bond acceptors (Lipinski definition) is 5. The second-order valence-corrected chi connectivity index (χ2v) is 5.86. The van der Waals surface area contributed by atoms with Gasteiger partial charge in [0.15, 0.2) is 5.82 Å². The van der Waals surface area contributed by atoms with Gasteiger partial charge in [0.1, 0.15) is 0 Å². The molecule has 5 heteroatoms. The maximum Gasteiger partial charge on any atom is 0.240 e. The Morgan fingerprint density at radius 3 is 3.21 bits per heavy atom. The van der Waals surface area contributed by atoms with Gasteiger partial charge < -0.3 is 9.84 Å². The number of nitrogens with one attached hydrogen (secondary N) is 1. The number of hydrogen-bond donors (Lipinski definition) is 1. The normalized spacial score (nSPS) is 27.6. The van der Waals surface area contributed by atoms with Gasteiger partial charge in [0.25, 0.3) is 0 Å². The van der Waals surface area contributed by atoms with Crippen molar-refractivity contribution in [3.63, 3.8) is 0 Å². The molecule has 5 nitrogen and oxygen atoms in total. The fourth-order valence-electron chi connectivity index (χ4n) is 3.25. The van der Waals surface area contributed by atoms with E-state index in [1.54, 1.807) is 0 Å². The van der Waals surface area contributed by atoms with E-state index < -0.39 is 0 Å². The second-order valence-electron chi connectivity index (χ2n) is 5.86. The van der Waals surface area contributed by atoms with E-state index >= 15 is 0 Å². The van der Waals surface area contributed by atoms with E-state index in [0.717, 1.165) is 43.6 Å². The Balaban J connectivity index is 1.52. The lowest BCUT2D eigenvalue weighted by Gasteiger charge is -2.24. The molecule has 0 amide bonds. The van der Waals surface area contributed by atoms with Crippen LogP contribution in [0.25, 0.3) is 0 Å². The Kier molecular flexibility index (Phi) is 4.13. The van der Waals surface area contributed by atoms with Crippen molar-refractivity contribution < 1.29 is 4.52 Å². The average Bonchev–Trinajstić information content (AvgIpc) is 3.02. The minimum absolute atomic E-state index is 0.677. The topological polar surface area (TPSA) is 54.2 Å². The Morgan fingerprint density at radius 2 is 2.37 bits per heavy atom. The van der Waals surface area contributed by atoms with Gasteiger partial charge in [0, 0.05) is 25.6 Å². The highest BCUT2D eigenvalue weighted by Crippen LogP contribution is 2.25. The van der Waals surface area contributed by atoms with Crippen molar-refractivity contribution >= 4 is 0 Å². The van der Waals surface area contributed by atoms with Gasteiger partial charge in [-0.15, -0.1) is 0 Å². The molecular formula is C14H24N4O. The van der Waals surface area contributed by atoms with E-state index in [4.69, 9.17) is 4.52 Å². The molecule has 0 bridgehead atoms. The van der Waals surface area contributed by atoms with E-state index in [0.29, 0.717) is 6.04 Å². The molecule has 2 atom stereocenters. The first kappa shape index (κ1) is 13.1. The van der Waals surface area contributed by atoms with Crippen LogP contribution in [0.15, 0.2) is 4.52 Å². The zero-order valence-corrected chi connectivity index (χ0v) is 11.8. The minimum Gasteiger partial charge on any atom is -0.338 e. The molecule has 2 aliphatic heterocycles. The molecule has 19 heavy (non-hydrogen) atoms. The molecular weight excluding hydrogens is 240 g/mol. The van der Waals surface area contributed by atoms with Crippen LogP contribution in [0.5, 0.6) is 0 Å². The van der Waals surface area contributed by atoms with Gasteiger partial charge in [-0.2, -0.15) is 4.98 Å². The summed E-state index contributed by atoms with van der Waals surface area (Å²) in [6, 6.07) is 0.677. The van der Waals surface area contributed by atoms with Crippen molar-refractivity contribution in [3.05, 3.63) is 11.7 Å². The lowest BCUT2D eigenvalue weighted by molar-refractivity contribution is 0.258. The van der Waals surface area contributed by atoms with E-state index in [9.17, 15) is 0 Å². The van der Waals surface area contributed by atoms with Crippen molar-refractivity contribution in [3.8, 4) is 0 Å². The van der Waals surface area contributed by atoms with Gasteiger partial charge in [-0.25, -0.2) is 0 Å². The first-order valence-electron chi connectivity index (χ1n) is 7.62. The molecule has 0 saturated carbocycles. The smallest absolute Gasteiger partial charge is 0.240 e. The lowest BCUT2D eigenvalue weighted by atomic mass is 9.94. The summed E-state index contributed by atoms with van der Waals surface area (Å²) in [5.74, 6) is 2.47. The van der Waals surface area contributed by atoms with Crippen molar-refractivity contribution in [2.75, 3.05) is 19.6 Å². The zero-order valence-electron chi connectivity index (χ0n) is 11.8. The first-order valence-corrected chi connectivity index (χ1v) is 7.62. The SMILES string of the molecule is CCCCc1noc(CN2C[C@@H]3CCCN[C@@H]3C2)n1. The monoisotopic (exact) mass is 264 g/mol. The summed E-state index contributed by atoms with van der Waals surface area (Å²) < 4.78 is 5.35. The number of rotatable bonds is 5. The highest BCUT2D eigenvalue weighted by atomic mass is 16.5. The predicted molar refractivity (Wildman–Crippen MR) is 72.7 cm³/mol. The quantitative estimate of drug-likeness (QED) is 0.875. The summed E-state index contributed by atoms with van der Waals surface area (Å²) in [5, 5.41) is 7.68. The van der Waals surface area contributed by atoms with Gasteiger partial charge in [-0.05, 0) is 31.7 Å². The maximum absolute atomic E-state index is 5.35. The van der Waals surface area contributed by atoms with Crippen LogP contribution in [0.1, 0.15) is 44.3 Å². The van der Waals surface area contributed by atoms with Crippen LogP contribution >= 0.6 is 0 Å². The molecule has 2 fully saturated rings. The minimum atomic E-state index is 0.677. The first-order chi connectivity index (χ1) is 9.35. The van der Waals surface area contributed by atoms with E-state index in [1.807, 2.05) is 0 Å². The number of likely N-dealkylation sites (tertiary alicyclic amines) is 1. The predicted octanol–water partition coefficient (Wildman–Crippen LogP) is 1.60. The summed E-state index contributed by atoms with van der Waals surface area (Å²) in [6.45, 7) is 6.46. The molecule has 3 heterocycles. The summed E-state index contributed by atoms with van der Waals surface area (Å²) in [4.78, 5) is 6.94. The third-order valence-electron chi connectivity index (χ3n) is 4.30. The van der Waals surface area contributed by atoms with Crippen LogP contribution < -0.4 is 5.32 Å². The Bertz CT molecular complexity index is 392. The average molecular weight is 264 g/mol. The molecule has 0 radical (unpaired) electrons. The largest absolute Gasteiger partial charge is 0.338 e. The molecule has 0 aliphatic carbocycles. The number of unbranched alkanes of at least 4 members (excludes halogenated alkanes) is 1. The van der Waals surface area contributed by atoms with Gasteiger partial charge in [-0.1, -0.05) is 18.5 Å². The Labute approximate surface area is 114 Å². The summed E-state index contributed by atoms with van der Waals surface area (Å²) in [7, 11) is 0. The molecule has 1 aromatic rings. The second kappa shape index (κ2) is 6.01. The Hall–Kier alpha value is -0.940. The van der Waals surface area contributed by atoms with Crippen LogP contribution in [0, 0.1) is 5.92 Å². The van der Waals surface area contributed by atoms with Gasteiger partial charge in [0.05, 0.1) is 6.54 Å². The van der Waals surface area contributed by atoms with Gasteiger partial charge in [0.2, 0.25) is 5.89 Å². The summed E-state index contributed by atoms with van der Waals surface area (Å²) in [6.07, 6.45) is 5.92. The van der Waals surface area contributed by atoms with Crippen LogP contribution in [-0.2, 0) is 13.0 Å². The molecule has 1 N–H and O–H groups in total. The number of aromatic nitrogens is 2. The number of nitrogens with zero attached hydrogens (tertiary/aromatic N) is 3. The summed E-state index contributed by atoms with van der Waals surface area (Å²) in [5.41, 5.74) is 0. The highest BCUT2D eigenvalue weighted by Gasteiger charge is 2.34. The molecule has 0 aromatic carbocycles. The van der Waals surface area contributed by atoms with Crippen LogP contribution in [-0.4, -0.2) is 40.7 Å². The maximum atomic E-state index is 5.35. The highest BCUT2D eigenvalue weighted by molar-refractivity contribution is 4.94. The third-order valence-corrected chi connectivity index (χ3v) is 4.30. The number of fused-ring (bicyclic) bond motifs is 1. The molecule has 0 spiro atoms. The lowest BCUT2D eigenvalue weighted by Crippen LogP contribution is -2.40. The van der Waals surface area contributed by atoms with Crippen molar-refractivity contribution in [2.45, 2.75) is 51.6 Å². The molecule has 2 aliphatic rings. The van der Waals surface area contributed by atoms with E-state index in [-0.39, 0.29) is 0 Å². The molecule has 0 unspecified atom stereocenters. The van der Waals surface area contributed by atoms with E-state index in [1.165, 1.54) is 32.4 Å². The number of aryl methyl sites for hydroxylation is 1. The van der Waals surface area contributed by atoms with Gasteiger partial charge in [-0.3, -0.25) is 4.90 Å². The van der Waals surface area contributed by atoms with Crippen molar-refractivity contribution in [1.82, 2.24) is 20.4 Å². The third kappa shape index (κ3) is 3.15. The molecule has 3 rings (SSSR count). The van der Waals surface area contributed by atoms with Crippen LogP contribution in [0.2, 0.25) is 0 Å². The van der Waals surface area contributed by atoms with Gasteiger partial charge >= 0.3 is 0 Å². The summed E-state index contributed by atoms with van der Waals surface area (Å²) >= 11 is 0. The molecule has 106 valence electrons. The van der Waals surface area contributed by atoms with E-state index in [2.05, 4.69) is 27.3 Å². The fraction of sp³-hybridized carbons (Fsp3) is 0.857. The zero-order chi connectivity index (χ0) is 13.1. The Morgan fingerprint density at radius 1 is 1.42 bits per heavy atom. The number of piperidine rings is 1. The molecule has 1 aromatic heterocycles. The van der Waals surface area contributed by atoms with Crippen molar-refractivity contribution in [1.29, 1.82) is 0 Å². The van der Waals surface area contributed by atoms with Crippen molar-refractivity contribution in [2.24, 2.45) is 5.92 Å². The standard InChI is InChI=1S/C14H24N4O/c1-2-3-6-13-16-14(19-17-13)10-18-8-11-5-4-7-15-12(11)9-18/h11-12,15H,2-10H2,1H3/t11-,12+/m0/s1. The molecule has 2 saturated heterocycles.